The van der Waals surface area contributed by atoms with E-state index in [9.17, 15) is 4.79 Å². The van der Waals surface area contributed by atoms with Gasteiger partial charge in [-0.2, -0.15) is 0 Å². The van der Waals surface area contributed by atoms with Crippen LogP contribution in [0.1, 0.15) is 32.1 Å². The maximum atomic E-state index is 11.4. The summed E-state index contributed by atoms with van der Waals surface area (Å²) < 4.78 is 0. The number of carbonyl (C=O) groups excluding carboxylic acids is 1. The molecule has 0 saturated heterocycles. The van der Waals surface area contributed by atoms with Crippen LogP contribution >= 0.6 is 11.3 Å². The number of nitrogens with zero attached hydrogens (tertiary/aromatic N) is 1. The first-order valence-corrected chi connectivity index (χ1v) is 6.51. The molecule has 0 radical (unpaired) electrons. The summed E-state index contributed by atoms with van der Waals surface area (Å²) in [6.45, 7) is 6.99. The van der Waals surface area contributed by atoms with Crippen molar-refractivity contribution in [2.45, 2.75) is 45.8 Å². The SMILES string of the molecule is CCC(C(N)=O)N(Cc1cccs1)C(C)C. The van der Waals surface area contributed by atoms with E-state index in [4.69, 9.17) is 5.73 Å². The molecule has 3 nitrogen and oxygen atoms in total. The Balaban J connectivity index is 2.77. The number of rotatable bonds is 6. The van der Waals surface area contributed by atoms with Crippen molar-refractivity contribution < 1.29 is 4.79 Å². The van der Waals surface area contributed by atoms with Crippen LogP contribution in [-0.2, 0) is 11.3 Å². The van der Waals surface area contributed by atoms with Crippen molar-refractivity contribution in [3.05, 3.63) is 22.4 Å². The Kier molecular flexibility index (Phi) is 4.96. The molecule has 1 rings (SSSR count). The molecule has 0 bridgehead atoms. The van der Waals surface area contributed by atoms with Gasteiger partial charge >= 0.3 is 0 Å². The number of primary amides is 1. The van der Waals surface area contributed by atoms with E-state index in [2.05, 4.69) is 30.2 Å². The maximum absolute atomic E-state index is 11.4. The topological polar surface area (TPSA) is 46.3 Å². The molecule has 1 atom stereocenters. The molecule has 1 aromatic rings. The van der Waals surface area contributed by atoms with Crippen molar-refractivity contribution in [2.75, 3.05) is 0 Å². The summed E-state index contributed by atoms with van der Waals surface area (Å²) >= 11 is 1.71. The van der Waals surface area contributed by atoms with Crippen molar-refractivity contribution in [3.8, 4) is 0 Å². The van der Waals surface area contributed by atoms with Gasteiger partial charge in [0.05, 0.1) is 6.04 Å². The number of amides is 1. The minimum atomic E-state index is -0.229. The van der Waals surface area contributed by atoms with Gasteiger partial charge in [-0.25, -0.2) is 0 Å². The Morgan fingerprint density at radius 1 is 1.56 bits per heavy atom. The summed E-state index contributed by atoms with van der Waals surface area (Å²) in [4.78, 5) is 14.8. The van der Waals surface area contributed by atoms with E-state index in [1.54, 1.807) is 11.3 Å². The van der Waals surface area contributed by atoms with Gasteiger partial charge in [0, 0.05) is 17.5 Å². The van der Waals surface area contributed by atoms with Crippen LogP contribution < -0.4 is 5.73 Å². The summed E-state index contributed by atoms with van der Waals surface area (Å²) in [7, 11) is 0. The number of nitrogens with two attached hydrogens (primary N) is 1. The summed E-state index contributed by atoms with van der Waals surface area (Å²) in [6.07, 6.45) is 0.763. The molecule has 90 valence electrons. The highest BCUT2D eigenvalue weighted by atomic mass is 32.1. The molecule has 1 heterocycles. The fourth-order valence-electron chi connectivity index (χ4n) is 1.83. The summed E-state index contributed by atoms with van der Waals surface area (Å²) in [5.41, 5.74) is 5.44. The van der Waals surface area contributed by atoms with Gasteiger partial charge in [-0.3, -0.25) is 9.69 Å². The van der Waals surface area contributed by atoms with Crippen molar-refractivity contribution in [1.29, 1.82) is 0 Å². The average Bonchev–Trinajstić information content (AvgIpc) is 2.69. The predicted octanol–water partition coefficient (Wildman–Crippen LogP) is 2.22. The first-order valence-electron chi connectivity index (χ1n) is 5.63. The summed E-state index contributed by atoms with van der Waals surface area (Å²) in [5.74, 6) is -0.229. The van der Waals surface area contributed by atoms with Gasteiger partial charge in [0.15, 0.2) is 0 Å². The zero-order chi connectivity index (χ0) is 12.1. The summed E-state index contributed by atoms with van der Waals surface area (Å²) in [6, 6.07) is 4.28. The van der Waals surface area contributed by atoms with E-state index in [0.29, 0.717) is 6.04 Å². The fraction of sp³-hybridized carbons (Fsp3) is 0.583. The van der Waals surface area contributed by atoms with Crippen molar-refractivity contribution in [2.24, 2.45) is 5.73 Å². The van der Waals surface area contributed by atoms with Crippen LogP contribution in [0.5, 0.6) is 0 Å². The Morgan fingerprint density at radius 3 is 2.62 bits per heavy atom. The molecule has 0 aliphatic rings. The third-order valence-electron chi connectivity index (χ3n) is 2.70. The molecule has 0 spiro atoms. The molecular formula is C12H20N2OS. The van der Waals surface area contributed by atoms with Crippen molar-refractivity contribution >= 4 is 17.2 Å². The highest BCUT2D eigenvalue weighted by molar-refractivity contribution is 7.09. The normalized spacial score (nSPS) is 13.3. The zero-order valence-electron chi connectivity index (χ0n) is 10.1. The molecule has 0 aliphatic carbocycles. The standard InChI is InChI=1S/C12H20N2OS/c1-4-11(12(13)15)14(9(2)3)8-10-6-5-7-16-10/h5-7,9,11H,4,8H2,1-3H3,(H2,13,15). The minimum absolute atomic E-state index is 0.165. The maximum Gasteiger partial charge on any atom is 0.234 e. The molecule has 0 saturated carbocycles. The van der Waals surface area contributed by atoms with Crippen LogP contribution in [-0.4, -0.2) is 22.9 Å². The van der Waals surface area contributed by atoms with Crippen molar-refractivity contribution in [1.82, 2.24) is 4.90 Å². The number of carbonyl (C=O) groups is 1. The van der Waals surface area contributed by atoms with Crippen LogP contribution in [0.15, 0.2) is 17.5 Å². The number of hydrogen-bond donors (Lipinski definition) is 1. The lowest BCUT2D eigenvalue weighted by Gasteiger charge is -2.32. The molecule has 1 aromatic heterocycles. The van der Waals surface area contributed by atoms with Gasteiger partial charge in [-0.15, -0.1) is 11.3 Å². The van der Waals surface area contributed by atoms with Gasteiger partial charge in [-0.1, -0.05) is 13.0 Å². The molecule has 0 aliphatic heterocycles. The lowest BCUT2D eigenvalue weighted by Crippen LogP contribution is -2.47. The molecule has 4 heteroatoms. The highest BCUT2D eigenvalue weighted by Crippen LogP contribution is 2.17. The Labute approximate surface area is 101 Å². The summed E-state index contributed by atoms with van der Waals surface area (Å²) in [5, 5.41) is 2.05. The molecule has 0 aromatic carbocycles. The van der Waals surface area contributed by atoms with Crippen LogP contribution in [0.25, 0.3) is 0 Å². The van der Waals surface area contributed by atoms with Crippen LogP contribution in [0.3, 0.4) is 0 Å². The average molecular weight is 240 g/mol. The van der Waals surface area contributed by atoms with Crippen LogP contribution in [0.4, 0.5) is 0 Å². The first-order chi connectivity index (χ1) is 7.56. The lowest BCUT2D eigenvalue weighted by atomic mass is 10.1. The second kappa shape index (κ2) is 6.01. The number of thiophene rings is 1. The Hall–Kier alpha value is -0.870. The highest BCUT2D eigenvalue weighted by Gasteiger charge is 2.24. The predicted molar refractivity (Wildman–Crippen MR) is 68.3 cm³/mol. The molecule has 1 unspecified atom stereocenters. The van der Waals surface area contributed by atoms with Gasteiger partial charge in [0.1, 0.15) is 0 Å². The van der Waals surface area contributed by atoms with E-state index >= 15 is 0 Å². The van der Waals surface area contributed by atoms with Crippen LogP contribution in [0.2, 0.25) is 0 Å². The quantitative estimate of drug-likeness (QED) is 0.828. The first kappa shape index (κ1) is 13.2. The molecule has 0 fully saturated rings. The minimum Gasteiger partial charge on any atom is -0.368 e. The Morgan fingerprint density at radius 2 is 2.25 bits per heavy atom. The van der Waals surface area contributed by atoms with E-state index in [0.717, 1.165) is 13.0 Å². The van der Waals surface area contributed by atoms with E-state index in [-0.39, 0.29) is 11.9 Å². The second-order valence-corrected chi connectivity index (χ2v) is 5.20. The van der Waals surface area contributed by atoms with Gasteiger partial charge in [-0.05, 0) is 31.7 Å². The fourth-order valence-corrected chi connectivity index (χ4v) is 2.55. The third-order valence-corrected chi connectivity index (χ3v) is 3.56. The zero-order valence-corrected chi connectivity index (χ0v) is 11.0. The largest absolute Gasteiger partial charge is 0.368 e. The second-order valence-electron chi connectivity index (χ2n) is 4.17. The van der Waals surface area contributed by atoms with Gasteiger partial charge in [0.2, 0.25) is 5.91 Å². The molecular weight excluding hydrogens is 220 g/mol. The molecule has 2 N–H and O–H groups in total. The van der Waals surface area contributed by atoms with Crippen LogP contribution in [0, 0.1) is 0 Å². The number of hydrogen-bond acceptors (Lipinski definition) is 3. The van der Waals surface area contributed by atoms with Gasteiger partial charge < -0.3 is 5.73 Å². The lowest BCUT2D eigenvalue weighted by molar-refractivity contribution is -0.124. The van der Waals surface area contributed by atoms with E-state index in [1.165, 1.54) is 4.88 Å². The van der Waals surface area contributed by atoms with E-state index < -0.39 is 0 Å². The molecule has 16 heavy (non-hydrogen) atoms. The smallest absolute Gasteiger partial charge is 0.234 e. The molecule has 1 amide bonds. The van der Waals surface area contributed by atoms with Gasteiger partial charge in [0.25, 0.3) is 0 Å². The third kappa shape index (κ3) is 3.32. The van der Waals surface area contributed by atoms with E-state index in [1.807, 2.05) is 13.0 Å². The monoisotopic (exact) mass is 240 g/mol. The Bertz CT molecular complexity index is 322. The van der Waals surface area contributed by atoms with Crippen molar-refractivity contribution in [3.63, 3.8) is 0 Å².